The van der Waals surface area contributed by atoms with E-state index in [1.165, 1.54) is 6.42 Å². The number of piperidine rings is 2. The largest absolute Gasteiger partial charge is 0.396 e. The van der Waals surface area contributed by atoms with Crippen molar-refractivity contribution < 1.29 is 28.8 Å². The first kappa shape index (κ1) is 20.6. The minimum absolute atomic E-state index is 0.0217. The van der Waals surface area contributed by atoms with E-state index in [-0.39, 0.29) is 43.0 Å². The maximum absolute atomic E-state index is 10.2. The Bertz CT molecular complexity index is 578. The smallest absolute Gasteiger partial charge is 0.147 e. The van der Waals surface area contributed by atoms with Crippen molar-refractivity contribution in [3.63, 3.8) is 0 Å². The summed E-state index contributed by atoms with van der Waals surface area (Å²) >= 11 is 0. The zero-order chi connectivity index (χ0) is 20.1. The van der Waals surface area contributed by atoms with Crippen LogP contribution in [0, 0.1) is 29.6 Å². The van der Waals surface area contributed by atoms with Crippen LogP contribution < -0.4 is 0 Å². The second-order valence-corrected chi connectivity index (χ2v) is 9.79. The summed E-state index contributed by atoms with van der Waals surface area (Å²) in [6.07, 6.45) is 4.86. The number of rotatable bonds is 4. The van der Waals surface area contributed by atoms with E-state index in [0.717, 1.165) is 32.4 Å². The van der Waals surface area contributed by atoms with Crippen LogP contribution in [0.15, 0.2) is 0 Å². The van der Waals surface area contributed by atoms with Gasteiger partial charge in [0, 0.05) is 52.4 Å². The summed E-state index contributed by atoms with van der Waals surface area (Å²) in [7, 11) is 5.36. The zero-order valence-electron chi connectivity index (χ0n) is 17.9. The van der Waals surface area contributed by atoms with Crippen molar-refractivity contribution in [2.75, 3.05) is 47.8 Å². The third kappa shape index (κ3) is 3.28. The minimum Gasteiger partial charge on any atom is -0.396 e. The van der Waals surface area contributed by atoms with E-state index in [0.29, 0.717) is 36.5 Å². The lowest BCUT2D eigenvalue weighted by atomic mass is 9.59. The summed E-state index contributed by atoms with van der Waals surface area (Å²) in [5, 5.41) is 10.2. The second kappa shape index (κ2) is 8.34. The molecule has 0 amide bonds. The average molecular weight is 412 g/mol. The highest BCUT2D eigenvalue weighted by molar-refractivity contribution is 5.08. The second-order valence-electron chi connectivity index (χ2n) is 9.79. The Labute approximate surface area is 173 Å². The molecule has 7 nitrogen and oxygen atoms in total. The molecule has 2 saturated carbocycles. The molecule has 11 unspecified atom stereocenters. The SMILES string of the molecule is COC1CC2CC3C4C(CCN3CC2C(CO)C1OC)CC1OCOC1C4OC. The molecule has 3 saturated heterocycles. The molecule has 0 spiro atoms. The highest BCUT2D eigenvalue weighted by atomic mass is 16.7. The van der Waals surface area contributed by atoms with Crippen LogP contribution in [0.2, 0.25) is 0 Å². The van der Waals surface area contributed by atoms with Gasteiger partial charge in [-0.1, -0.05) is 0 Å². The Balaban J connectivity index is 1.40. The van der Waals surface area contributed by atoms with Crippen molar-refractivity contribution in [2.45, 2.75) is 62.2 Å². The highest BCUT2D eigenvalue weighted by Crippen LogP contribution is 2.51. The summed E-state index contributed by atoms with van der Waals surface area (Å²) in [5.41, 5.74) is 0. The van der Waals surface area contributed by atoms with Crippen LogP contribution in [-0.2, 0) is 23.7 Å². The fourth-order valence-electron chi connectivity index (χ4n) is 7.68. The zero-order valence-corrected chi connectivity index (χ0v) is 17.9. The first-order chi connectivity index (χ1) is 14.2. The molecule has 29 heavy (non-hydrogen) atoms. The van der Waals surface area contributed by atoms with Gasteiger partial charge in [0.2, 0.25) is 0 Å². The lowest BCUT2D eigenvalue weighted by Gasteiger charge is -2.59. The van der Waals surface area contributed by atoms with E-state index < -0.39 is 0 Å². The first-order valence-electron chi connectivity index (χ1n) is 11.4. The van der Waals surface area contributed by atoms with Gasteiger partial charge in [-0.2, -0.15) is 0 Å². The monoisotopic (exact) mass is 411 g/mol. The van der Waals surface area contributed by atoms with E-state index in [4.69, 9.17) is 23.7 Å². The van der Waals surface area contributed by atoms with Crippen LogP contribution in [0.1, 0.15) is 25.7 Å². The van der Waals surface area contributed by atoms with Gasteiger partial charge in [0.1, 0.15) is 12.9 Å². The van der Waals surface area contributed by atoms with E-state index in [2.05, 4.69) is 4.90 Å². The van der Waals surface area contributed by atoms with Crippen LogP contribution >= 0.6 is 0 Å². The number of hydrogen-bond acceptors (Lipinski definition) is 7. The molecule has 0 bridgehead atoms. The molecule has 0 radical (unpaired) electrons. The Hall–Kier alpha value is -0.280. The van der Waals surface area contributed by atoms with Crippen molar-refractivity contribution in [3.8, 4) is 0 Å². The quantitative estimate of drug-likeness (QED) is 0.744. The number of aliphatic hydroxyl groups excluding tert-OH is 1. The van der Waals surface area contributed by atoms with Crippen molar-refractivity contribution in [2.24, 2.45) is 29.6 Å². The predicted molar refractivity (Wildman–Crippen MR) is 105 cm³/mol. The molecule has 11 atom stereocenters. The van der Waals surface area contributed by atoms with Gasteiger partial charge in [-0.3, -0.25) is 4.90 Å². The molecule has 0 aromatic carbocycles. The summed E-state index contributed by atoms with van der Waals surface area (Å²) in [5.74, 6) is 2.30. The summed E-state index contributed by atoms with van der Waals surface area (Å²) in [6, 6.07) is 0.515. The fraction of sp³-hybridized carbons (Fsp3) is 1.00. The van der Waals surface area contributed by atoms with Crippen molar-refractivity contribution >= 4 is 0 Å². The van der Waals surface area contributed by atoms with E-state index in [9.17, 15) is 5.11 Å². The summed E-state index contributed by atoms with van der Waals surface area (Å²) in [4.78, 5) is 2.69. The van der Waals surface area contributed by atoms with Crippen LogP contribution in [0.3, 0.4) is 0 Å². The first-order valence-corrected chi connectivity index (χ1v) is 11.4. The molecule has 166 valence electrons. The van der Waals surface area contributed by atoms with Gasteiger partial charge in [0.15, 0.2) is 0 Å². The third-order valence-corrected chi connectivity index (χ3v) is 8.92. The van der Waals surface area contributed by atoms with Gasteiger partial charge in [0.05, 0.1) is 24.4 Å². The third-order valence-electron chi connectivity index (χ3n) is 8.92. The molecule has 7 heteroatoms. The average Bonchev–Trinajstić information content (AvgIpc) is 3.22. The van der Waals surface area contributed by atoms with Crippen LogP contribution in [0.4, 0.5) is 0 Å². The van der Waals surface area contributed by atoms with E-state index in [1.807, 2.05) is 7.11 Å². The maximum Gasteiger partial charge on any atom is 0.147 e. The molecule has 5 aliphatic rings. The molecule has 3 aliphatic heterocycles. The predicted octanol–water partition coefficient (Wildman–Crippen LogP) is 1.13. The normalized spacial score (nSPS) is 52.3. The van der Waals surface area contributed by atoms with Crippen molar-refractivity contribution in [1.29, 1.82) is 0 Å². The van der Waals surface area contributed by atoms with Crippen LogP contribution in [0.25, 0.3) is 0 Å². The molecule has 3 heterocycles. The summed E-state index contributed by atoms with van der Waals surface area (Å²) in [6.45, 7) is 2.74. The minimum atomic E-state index is -0.0217. The molecule has 1 N–H and O–H groups in total. The van der Waals surface area contributed by atoms with Gasteiger partial charge in [-0.05, 0) is 50.0 Å². The Morgan fingerprint density at radius 3 is 2.52 bits per heavy atom. The summed E-state index contributed by atoms with van der Waals surface area (Å²) < 4.78 is 29.5. The number of fused-ring (bicyclic) bond motifs is 5. The fourth-order valence-corrected chi connectivity index (χ4v) is 7.68. The lowest BCUT2D eigenvalue weighted by Crippen LogP contribution is -2.66. The van der Waals surface area contributed by atoms with Crippen molar-refractivity contribution in [3.05, 3.63) is 0 Å². The van der Waals surface area contributed by atoms with Gasteiger partial charge in [-0.25, -0.2) is 0 Å². The molecule has 0 aromatic rings. The molecule has 2 aliphatic carbocycles. The van der Waals surface area contributed by atoms with Crippen molar-refractivity contribution in [1.82, 2.24) is 4.90 Å². The lowest BCUT2D eigenvalue weighted by molar-refractivity contribution is -0.182. The van der Waals surface area contributed by atoms with Gasteiger partial charge < -0.3 is 28.8 Å². The van der Waals surface area contributed by atoms with Gasteiger partial charge >= 0.3 is 0 Å². The van der Waals surface area contributed by atoms with Crippen LogP contribution in [-0.4, -0.2) is 94.4 Å². The van der Waals surface area contributed by atoms with E-state index in [1.54, 1.807) is 14.2 Å². The molecule has 5 fully saturated rings. The highest BCUT2D eigenvalue weighted by Gasteiger charge is 2.57. The Morgan fingerprint density at radius 2 is 1.79 bits per heavy atom. The maximum atomic E-state index is 10.2. The molecular weight excluding hydrogens is 374 g/mol. The topological polar surface area (TPSA) is 69.6 Å². The number of methoxy groups -OCH3 is 3. The van der Waals surface area contributed by atoms with E-state index >= 15 is 0 Å². The Kier molecular flexibility index (Phi) is 5.93. The molecule has 5 rings (SSSR count). The van der Waals surface area contributed by atoms with Crippen LogP contribution in [0.5, 0.6) is 0 Å². The number of ether oxygens (including phenoxy) is 5. The molecule has 0 aromatic heterocycles. The standard InChI is InChI=1S/C22H37NO6/c1-25-17-8-13-6-16-19-12(7-18-21(22(19)27-3)29-11-28-18)4-5-23(16)9-14(13)15(10-24)20(17)26-2/h12-22,24H,4-11H2,1-3H3. The number of hydrogen-bond donors (Lipinski definition) is 1. The Morgan fingerprint density at radius 1 is 0.966 bits per heavy atom. The number of aliphatic hydroxyl groups is 1. The van der Waals surface area contributed by atoms with Gasteiger partial charge in [-0.15, -0.1) is 0 Å². The molecular formula is C22H37NO6. The van der Waals surface area contributed by atoms with Gasteiger partial charge in [0.25, 0.3) is 0 Å². The number of nitrogens with zero attached hydrogens (tertiary/aromatic N) is 1.